The van der Waals surface area contributed by atoms with Crippen LogP contribution in [0.2, 0.25) is 0 Å². The lowest BCUT2D eigenvalue weighted by Gasteiger charge is -2.36. The fraction of sp³-hybridized carbons (Fsp3) is 0.364. The van der Waals surface area contributed by atoms with Crippen molar-refractivity contribution in [1.29, 1.82) is 0 Å². The molecule has 4 N–H and O–H groups in total. The van der Waals surface area contributed by atoms with Crippen LogP contribution < -0.4 is 5.32 Å². The van der Waals surface area contributed by atoms with E-state index in [2.05, 4.69) is 10.3 Å². The number of hydrogen-bond acceptors (Lipinski definition) is 3. The van der Waals surface area contributed by atoms with E-state index in [0.29, 0.717) is 30.1 Å². The zero-order valence-electron chi connectivity index (χ0n) is 15.8. The summed E-state index contributed by atoms with van der Waals surface area (Å²) in [6.45, 7) is 0.736. The quantitative estimate of drug-likeness (QED) is 0.486. The van der Waals surface area contributed by atoms with Gasteiger partial charge in [-0.25, -0.2) is 13.2 Å². The lowest BCUT2D eigenvalue weighted by atomic mass is 9.70. The predicted molar refractivity (Wildman–Crippen MR) is 105 cm³/mol. The fourth-order valence-electron chi connectivity index (χ4n) is 4.17. The second-order valence-corrected chi connectivity index (χ2v) is 7.76. The second kappa shape index (κ2) is 8.18. The summed E-state index contributed by atoms with van der Waals surface area (Å²) < 4.78 is 41.6. The summed E-state index contributed by atoms with van der Waals surface area (Å²) >= 11 is 0. The summed E-state index contributed by atoms with van der Waals surface area (Å²) in [5.74, 6) is -1.14. The highest BCUT2D eigenvalue weighted by molar-refractivity contribution is 5.92. The van der Waals surface area contributed by atoms with E-state index in [1.54, 1.807) is 12.1 Å². The Labute approximate surface area is 166 Å². The third kappa shape index (κ3) is 4.03. The number of benzene rings is 2. The largest absolute Gasteiger partial charge is 0.394 e. The molecular weight excluding hydrogens is 381 g/mol. The van der Waals surface area contributed by atoms with Crippen molar-refractivity contribution in [2.75, 3.05) is 19.7 Å². The summed E-state index contributed by atoms with van der Waals surface area (Å²) in [6.07, 6.45) is 0.888. The van der Waals surface area contributed by atoms with Crippen LogP contribution in [-0.2, 0) is 0 Å². The molecule has 1 aliphatic rings. The maximum atomic E-state index is 14.4. The highest BCUT2D eigenvalue weighted by atomic mass is 19.1. The Morgan fingerprint density at radius 2 is 1.79 bits per heavy atom. The number of rotatable bonds is 7. The first-order valence-electron chi connectivity index (χ1n) is 9.72. The van der Waals surface area contributed by atoms with Crippen molar-refractivity contribution >= 4 is 10.9 Å². The van der Waals surface area contributed by atoms with Crippen LogP contribution in [0.5, 0.6) is 0 Å². The Bertz CT molecular complexity index is 997. The first-order valence-corrected chi connectivity index (χ1v) is 9.72. The van der Waals surface area contributed by atoms with Crippen molar-refractivity contribution in [3.05, 3.63) is 59.4 Å². The van der Waals surface area contributed by atoms with Gasteiger partial charge in [0.15, 0.2) is 0 Å². The topological polar surface area (TPSA) is 68.3 Å². The highest BCUT2D eigenvalue weighted by Gasteiger charge is 2.34. The molecule has 1 saturated carbocycles. The molecule has 2 aromatic carbocycles. The molecule has 7 heteroatoms. The van der Waals surface area contributed by atoms with Crippen LogP contribution in [0.3, 0.4) is 0 Å². The van der Waals surface area contributed by atoms with Crippen LogP contribution in [0.15, 0.2) is 36.4 Å². The number of H-pyrrole nitrogens is 1. The van der Waals surface area contributed by atoms with E-state index < -0.39 is 17.7 Å². The molecule has 0 amide bonds. The minimum absolute atomic E-state index is 0.125. The number of nitrogens with one attached hydrogen (secondary N) is 2. The summed E-state index contributed by atoms with van der Waals surface area (Å²) in [6, 6.07) is 8.16. The van der Waals surface area contributed by atoms with Gasteiger partial charge in [-0.2, -0.15) is 0 Å². The van der Waals surface area contributed by atoms with E-state index in [-0.39, 0.29) is 23.9 Å². The molecule has 1 fully saturated rings. The van der Waals surface area contributed by atoms with Crippen LogP contribution >= 0.6 is 0 Å². The number of halogens is 3. The smallest absolute Gasteiger partial charge is 0.150 e. The van der Waals surface area contributed by atoms with Crippen LogP contribution in [-0.4, -0.2) is 41.0 Å². The van der Waals surface area contributed by atoms with Crippen molar-refractivity contribution in [2.45, 2.75) is 24.9 Å². The molecule has 1 aromatic heterocycles. The van der Waals surface area contributed by atoms with Crippen LogP contribution in [0, 0.1) is 23.4 Å². The molecule has 1 atom stereocenters. The van der Waals surface area contributed by atoms with Gasteiger partial charge in [0, 0.05) is 18.0 Å². The highest BCUT2D eigenvalue weighted by Crippen LogP contribution is 2.48. The van der Waals surface area contributed by atoms with Crippen LogP contribution in [0.25, 0.3) is 22.2 Å². The zero-order valence-corrected chi connectivity index (χ0v) is 15.8. The molecule has 1 unspecified atom stereocenters. The van der Waals surface area contributed by atoms with Crippen molar-refractivity contribution < 1.29 is 23.4 Å². The molecule has 4 rings (SSSR count). The SMILES string of the molecule is OCC(O)CNCC1CC(c2c(-c3ccc(F)cc3)[nH]c3c(F)cc(F)cc23)C1. The third-order valence-electron chi connectivity index (χ3n) is 5.67. The van der Waals surface area contributed by atoms with Crippen LogP contribution in [0.4, 0.5) is 13.2 Å². The predicted octanol–water partition coefficient (Wildman–Crippen LogP) is 3.69. The molecule has 3 aromatic rings. The third-order valence-corrected chi connectivity index (χ3v) is 5.67. The van der Waals surface area contributed by atoms with Gasteiger partial charge < -0.3 is 20.5 Å². The first kappa shape index (κ1) is 19.9. The average molecular weight is 404 g/mol. The van der Waals surface area contributed by atoms with Crippen LogP contribution in [0.1, 0.15) is 24.3 Å². The lowest BCUT2D eigenvalue weighted by molar-refractivity contribution is 0.0918. The molecule has 0 radical (unpaired) electrons. The lowest BCUT2D eigenvalue weighted by Crippen LogP contribution is -2.36. The molecule has 29 heavy (non-hydrogen) atoms. The number of fused-ring (bicyclic) bond motifs is 1. The molecular formula is C22H23F3N2O2. The average Bonchev–Trinajstić information content (AvgIpc) is 3.03. The van der Waals surface area contributed by atoms with Gasteiger partial charge >= 0.3 is 0 Å². The number of aromatic nitrogens is 1. The summed E-state index contributed by atoms with van der Waals surface area (Å²) in [4.78, 5) is 3.08. The maximum Gasteiger partial charge on any atom is 0.150 e. The van der Waals surface area contributed by atoms with Gasteiger partial charge in [0.2, 0.25) is 0 Å². The van der Waals surface area contributed by atoms with E-state index >= 15 is 0 Å². The number of hydrogen-bond donors (Lipinski definition) is 4. The minimum Gasteiger partial charge on any atom is -0.394 e. The Kier molecular flexibility index (Phi) is 5.63. The van der Waals surface area contributed by atoms with Gasteiger partial charge in [-0.3, -0.25) is 0 Å². The molecule has 1 heterocycles. The standard InChI is InChI=1S/C22H23F3N2O2/c23-15-3-1-13(2-4-15)21-20(18-7-16(24)8-19(25)22(18)27-21)14-5-12(6-14)9-26-10-17(29)11-28/h1-4,7-8,12,14,17,26-29H,5-6,9-11H2. The van der Waals surface area contributed by atoms with Gasteiger partial charge in [0.1, 0.15) is 17.5 Å². The van der Waals surface area contributed by atoms with Gasteiger partial charge in [-0.1, -0.05) is 0 Å². The summed E-state index contributed by atoms with van der Waals surface area (Å²) in [5.41, 5.74) is 2.53. The zero-order chi connectivity index (χ0) is 20.5. The van der Waals surface area contributed by atoms with Crippen molar-refractivity contribution in [3.63, 3.8) is 0 Å². The Balaban J connectivity index is 1.61. The molecule has 1 aliphatic carbocycles. The van der Waals surface area contributed by atoms with E-state index in [1.807, 2.05) is 0 Å². The Morgan fingerprint density at radius 3 is 2.48 bits per heavy atom. The van der Waals surface area contributed by atoms with Gasteiger partial charge in [-0.05, 0) is 72.7 Å². The maximum absolute atomic E-state index is 14.4. The van der Waals surface area contributed by atoms with Crippen molar-refractivity contribution in [3.8, 4) is 11.3 Å². The van der Waals surface area contributed by atoms with Gasteiger partial charge in [-0.15, -0.1) is 0 Å². The molecule has 0 aliphatic heterocycles. The molecule has 0 spiro atoms. The fourth-order valence-corrected chi connectivity index (χ4v) is 4.17. The Hall–Kier alpha value is -2.35. The van der Waals surface area contributed by atoms with Crippen molar-refractivity contribution in [2.24, 2.45) is 5.92 Å². The van der Waals surface area contributed by atoms with E-state index in [9.17, 15) is 18.3 Å². The summed E-state index contributed by atoms with van der Waals surface area (Å²) in [7, 11) is 0. The van der Waals surface area contributed by atoms with E-state index in [1.165, 1.54) is 18.2 Å². The molecule has 4 nitrogen and oxygen atoms in total. The van der Waals surface area contributed by atoms with Crippen molar-refractivity contribution in [1.82, 2.24) is 10.3 Å². The monoisotopic (exact) mass is 404 g/mol. The van der Waals surface area contributed by atoms with E-state index in [0.717, 1.165) is 30.0 Å². The van der Waals surface area contributed by atoms with Gasteiger partial charge in [0.25, 0.3) is 0 Å². The number of aliphatic hydroxyl groups excluding tert-OH is 2. The Morgan fingerprint density at radius 1 is 1.07 bits per heavy atom. The second-order valence-electron chi connectivity index (χ2n) is 7.76. The normalized spacial score (nSPS) is 20.0. The number of aliphatic hydroxyl groups is 2. The first-order chi connectivity index (χ1) is 14.0. The van der Waals surface area contributed by atoms with E-state index in [4.69, 9.17) is 5.11 Å². The summed E-state index contributed by atoms with van der Waals surface area (Å²) in [5, 5.41) is 21.9. The number of aromatic amines is 1. The molecule has 0 bridgehead atoms. The molecule has 0 saturated heterocycles. The van der Waals surface area contributed by atoms with Gasteiger partial charge in [0.05, 0.1) is 23.9 Å². The molecule has 154 valence electrons. The minimum atomic E-state index is -0.782.